The number of benzene rings is 3. The van der Waals surface area contributed by atoms with E-state index in [-0.39, 0.29) is 0 Å². The number of pyridine rings is 1. The Morgan fingerprint density at radius 3 is 2.20 bits per heavy atom. The zero-order valence-corrected chi connectivity index (χ0v) is 18.9. The molecule has 30 heavy (non-hydrogen) atoms. The summed E-state index contributed by atoms with van der Waals surface area (Å²) in [5, 5.41) is 3.61. The molecule has 0 aliphatic rings. The third kappa shape index (κ3) is 2.46. The van der Waals surface area contributed by atoms with E-state index in [0.717, 1.165) is 11.2 Å². The zero-order chi connectivity index (χ0) is 21.3. The molecule has 3 aromatic carbocycles. The number of hydrogen-bond acceptors (Lipinski definition) is 1. The number of rotatable bonds is 1. The van der Waals surface area contributed by atoms with Gasteiger partial charge in [0.1, 0.15) is 18.0 Å². The Kier molecular flexibility index (Phi) is 4.05. The molecule has 2 heteroatoms. The normalized spacial score (nSPS) is 11.8. The first-order chi connectivity index (χ1) is 14.3. The van der Waals surface area contributed by atoms with Gasteiger partial charge in [-0.3, -0.25) is 0 Å². The van der Waals surface area contributed by atoms with Gasteiger partial charge in [0.25, 0.3) is 0 Å². The Bertz CT molecular complexity index is 1500. The highest BCUT2D eigenvalue weighted by Crippen LogP contribution is 2.41. The van der Waals surface area contributed by atoms with Crippen LogP contribution in [-0.2, 0) is 7.05 Å². The lowest BCUT2D eigenvalue weighted by Crippen LogP contribution is -2.33. The minimum Gasteiger partial charge on any atom is -0.455 e. The van der Waals surface area contributed by atoms with E-state index in [0.29, 0.717) is 0 Å². The van der Waals surface area contributed by atoms with Crippen LogP contribution in [-0.4, -0.2) is 0 Å². The smallest absolute Gasteiger partial charge is 0.224 e. The summed E-state index contributed by atoms with van der Waals surface area (Å²) in [5.41, 5.74) is 13.5. The molecule has 5 rings (SSSR count). The van der Waals surface area contributed by atoms with Gasteiger partial charge in [-0.15, -0.1) is 0 Å². The second-order valence-corrected chi connectivity index (χ2v) is 8.80. The maximum absolute atomic E-state index is 6.55. The maximum Gasteiger partial charge on any atom is 0.224 e. The Balaban J connectivity index is 2.13. The first-order valence-corrected chi connectivity index (χ1v) is 10.6. The van der Waals surface area contributed by atoms with E-state index in [4.69, 9.17) is 4.42 Å². The van der Waals surface area contributed by atoms with Crippen molar-refractivity contribution in [3.05, 3.63) is 75.8 Å². The van der Waals surface area contributed by atoms with Crippen LogP contribution in [0.25, 0.3) is 44.1 Å². The fourth-order valence-corrected chi connectivity index (χ4v) is 4.96. The summed E-state index contributed by atoms with van der Waals surface area (Å²) in [6, 6.07) is 15.3. The van der Waals surface area contributed by atoms with Crippen molar-refractivity contribution in [2.75, 3.05) is 0 Å². The lowest BCUT2D eigenvalue weighted by molar-refractivity contribution is -0.632. The van der Waals surface area contributed by atoms with Crippen LogP contribution in [0.2, 0.25) is 0 Å². The first-order valence-electron chi connectivity index (χ1n) is 10.6. The molecule has 0 atom stereocenters. The van der Waals surface area contributed by atoms with E-state index >= 15 is 0 Å². The predicted octanol–water partition coefficient (Wildman–Crippen LogP) is 7.08. The second kappa shape index (κ2) is 6.43. The lowest BCUT2D eigenvalue weighted by Gasteiger charge is -2.14. The molecule has 0 bridgehead atoms. The predicted molar refractivity (Wildman–Crippen MR) is 126 cm³/mol. The van der Waals surface area contributed by atoms with Crippen molar-refractivity contribution in [2.45, 2.75) is 41.5 Å². The summed E-state index contributed by atoms with van der Waals surface area (Å²) >= 11 is 0. The topological polar surface area (TPSA) is 17.0 Å². The summed E-state index contributed by atoms with van der Waals surface area (Å²) in [5.74, 6) is 0. The average molecular weight is 395 g/mol. The van der Waals surface area contributed by atoms with Crippen LogP contribution < -0.4 is 4.57 Å². The maximum atomic E-state index is 6.55. The van der Waals surface area contributed by atoms with Gasteiger partial charge in [-0.25, -0.2) is 0 Å². The highest BCUT2D eigenvalue weighted by atomic mass is 16.3. The van der Waals surface area contributed by atoms with Gasteiger partial charge in [0.2, 0.25) is 11.2 Å². The van der Waals surface area contributed by atoms with Gasteiger partial charge < -0.3 is 4.42 Å². The molecule has 0 saturated heterocycles. The van der Waals surface area contributed by atoms with Gasteiger partial charge >= 0.3 is 0 Å². The largest absolute Gasteiger partial charge is 0.455 e. The summed E-state index contributed by atoms with van der Waals surface area (Å²) in [6.07, 6.45) is 0. The van der Waals surface area contributed by atoms with E-state index in [9.17, 15) is 0 Å². The zero-order valence-electron chi connectivity index (χ0n) is 18.9. The van der Waals surface area contributed by atoms with E-state index < -0.39 is 0 Å². The van der Waals surface area contributed by atoms with Crippen LogP contribution in [0.4, 0.5) is 0 Å². The lowest BCUT2D eigenvalue weighted by atomic mass is 9.92. The quantitative estimate of drug-likeness (QED) is 0.278. The minimum absolute atomic E-state index is 0.945. The first kappa shape index (κ1) is 18.9. The number of furan rings is 1. The molecule has 2 nitrogen and oxygen atoms in total. The number of aryl methyl sites for hydroxylation is 5. The summed E-state index contributed by atoms with van der Waals surface area (Å²) < 4.78 is 8.92. The van der Waals surface area contributed by atoms with E-state index in [1.54, 1.807) is 0 Å². The van der Waals surface area contributed by atoms with Gasteiger partial charge in [-0.2, -0.15) is 4.57 Å². The molecule has 0 aliphatic carbocycles. The second-order valence-electron chi connectivity index (χ2n) is 8.80. The Morgan fingerprint density at radius 1 is 0.733 bits per heavy atom. The summed E-state index contributed by atoms with van der Waals surface area (Å²) in [4.78, 5) is 0. The molecule has 150 valence electrons. The summed E-state index contributed by atoms with van der Waals surface area (Å²) in [6.45, 7) is 13.2. The van der Waals surface area contributed by atoms with Crippen molar-refractivity contribution in [3.8, 4) is 11.3 Å². The number of nitrogens with zero attached hydrogens (tertiary/aromatic N) is 1. The molecule has 5 aromatic rings. The Labute approximate surface area is 177 Å². The number of aromatic nitrogens is 1. The van der Waals surface area contributed by atoms with Crippen LogP contribution in [0.5, 0.6) is 0 Å². The molecule has 0 spiro atoms. The van der Waals surface area contributed by atoms with Crippen molar-refractivity contribution < 1.29 is 8.98 Å². The fourth-order valence-electron chi connectivity index (χ4n) is 4.96. The molecule has 0 N–H and O–H groups in total. The van der Waals surface area contributed by atoms with Crippen LogP contribution in [0.3, 0.4) is 0 Å². The van der Waals surface area contributed by atoms with Crippen molar-refractivity contribution in [1.29, 1.82) is 0 Å². The fraction of sp³-hybridized carbons (Fsp3) is 0.250. The van der Waals surface area contributed by atoms with Gasteiger partial charge in [0.05, 0.1) is 10.9 Å². The SMILES string of the molecule is Cc1cc(C)c(C)c(-c2c3c4ccccc4oc3c3c(C)c(C)c(C)cc3[n+]2C)c1. The molecular weight excluding hydrogens is 366 g/mol. The van der Waals surface area contributed by atoms with Crippen LogP contribution in [0, 0.1) is 41.5 Å². The van der Waals surface area contributed by atoms with E-state index in [1.165, 1.54) is 66.3 Å². The average Bonchev–Trinajstić information content (AvgIpc) is 3.08. The molecule has 2 heterocycles. The number of hydrogen-bond donors (Lipinski definition) is 0. The molecule has 0 radical (unpaired) electrons. The van der Waals surface area contributed by atoms with Crippen molar-refractivity contribution in [1.82, 2.24) is 0 Å². The van der Waals surface area contributed by atoms with Crippen molar-refractivity contribution in [3.63, 3.8) is 0 Å². The minimum atomic E-state index is 0.945. The van der Waals surface area contributed by atoms with E-state index in [2.05, 4.69) is 95.6 Å². The molecule has 0 aliphatic heterocycles. The van der Waals surface area contributed by atoms with Gasteiger partial charge in [-0.1, -0.05) is 29.8 Å². The number of para-hydroxylation sites is 1. The van der Waals surface area contributed by atoms with Crippen LogP contribution >= 0.6 is 0 Å². The van der Waals surface area contributed by atoms with Gasteiger partial charge in [0.15, 0.2) is 5.58 Å². The molecule has 0 amide bonds. The third-order valence-corrected chi connectivity index (χ3v) is 6.96. The highest BCUT2D eigenvalue weighted by Gasteiger charge is 2.28. The molecule has 2 aromatic heterocycles. The molecule has 0 saturated carbocycles. The Morgan fingerprint density at radius 2 is 1.43 bits per heavy atom. The third-order valence-electron chi connectivity index (χ3n) is 6.96. The molecule has 0 fully saturated rings. The Hall–Kier alpha value is -3.13. The molecule has 0 unspecified atom stereocenters. The monoisotopic (exact) mass is 394 g/mol. The van der Waals surface area contributed by atoms with Crippen LogP contribution in [0.1, 0.15) is 33.4 Å². The van der Waals surface area contributed by atoms with Gasteiger partial charge in [0, 0.05) is 11.5 Å². The molecular formula is C28H28NO+. The summed E-state index contributed by atoms with van der Waals surface area (Å²) in [7, 11) is 2.20. The standard InChI is InChI=1S/C28H28NO/c1-15-12-16(2)19(5)22(13-15)27-26-21-10-8-9-11-24(21)30-28(26)25-20(6)18(4)17(3)14-23(25)29(27)7/h8-14H,1-7H3/q+1. The van der Waals surface area contributed by atoms with Crippen molar-refractivity contribution in [2.24, 2.45) is 7.05 Å². The van der Waals surface area contributed by atoms with Gasteiger partial charge in [-0.05, 0) is 81.5 Å². The number of fused-ring (bicyclic) bond motifs is 5. The highest BCUT2D eigenvalue weighted by molar-refractivity contribution is 6.18. The van der Waals surface area contributed by atoms with E-state index in [1.807, 2.05) is 0 Å². The van der Waals surface area contributed by atoms with Crippen molar-refractivity contribution >= 4 is 32.8 Å². The van der Waals surface area contributed by atoms with Crippen LogP contribution in [0.15, 0.2) is 46.9 Å².